The smallest absolute Gasteiger partial charge is 0.410 e. The van der Waals surface area contributed by atoms with Gasteiger partial charge in [0, 0.05) is 24.9 Å². The molecule has 1 fully saturated rings. The van der Waals surface area contributed by atoms with E-state index in [9.17, 15) is 9.59 Å². The van der Waals surface area contributed by atoms with Crippen LogP contribution in [0.3, 0.4) is 0 Å². The van der Waals surface area contributed by atoms with Crippen LogP contribution in [0.15, 0.2) is 30.3 Å². The lowest BCUT2D eigenvalue weighted by Gasteiger charge is -2.40. The van der Waals surface area contributed by atoms with Gasteiger partial charge in [0.25, 0.3) is 0 Å². The van der Waals surface area contributed by atoms with Crippen LogP contribution in [0.2, 0.25) is 0 Å². The summed E-state index contributed by atoms with van der Waals surface area (Å²) in [4.78, 5) is 25.2. The molecule has 4 nitrogen and oxygen atoms in total. The van der Waals surface area contributed by atoms with Gasteiger partial charge in [-0.25, -0.2) is 4.79 Å². The van der Waals surface area contributed by atoms with Gasteiger partial charge in [-0.05, 0) is 19.4 Å². The molecule has 1 saturated heterocycles. The summed E-state index contributed by atoms with van der Waals surface area (Å²) in [5, 5.41) is 0. The molecule has 0 N–H and O–H groups in total. The van der Waals surface area contributed by atoms with Crippen molar-refractivity contribution in [3.05, 3.63) is 35.9 Å². The topological polar surface area (TPSA) is 46.6 Å². The SMILES string of the molecule is CC1(C)CC(=O)CCN1C(=O)OCc1ccccc1. The molecule has 4 heteroatoms. The van der Waals surface area contributed by atoms with Gasteiger partial charge in [-0.2, -0.15) is 0 Å². The number of carbonyl (C=O) groups excluding carboxylic acids is 2. The van der Waals surface area contributed by atoms with Gasteiger partial charge in [0.15, 0.2) is 0 Å². The second-order valence-corrected chi connectivity index (χ2v) is 5.47. The van der Waals surface area contributed by atoms with Crippen LogP contribution in [-0.2, 0) is 16.1 Å². The highest BCUT2D eigenvalue weighted by molar-refractivity contribution is 5.83. The zero-order chi connectivity index (χ0) is 13.9. The Morgan fingerprint density at radius 2 is 2.00 bits per heavy atom. The Morgan fingerprint density at radius 1 is 1.32 bits per heavy atom. The molecule has 0 saturated carbocycles. The molecule has 2 rings (SSSR count). The maximum atomic E-state index is 12.1. The zero-order valence-electron chi connectivity index (χ0n) is 11.4. The van der Waals surface area contributed by atoms with E-state index in [0.717, 1.165) is 5.56 Å². The fraction of sp³-hybridized carbons (Fsp3) is 0.467. The Morgan fingerprint density at radius 3 is 2.63 bits per heavy atom. The molecule has 0 spiro atoms. The molecule has 0 bridgehead atoms. The normalized spacial score (nSPS) is 18.2. The Labute approximate surface area is 113 Å². The van der Waals surface area contributed by atoms with Crippen molar-refractivity contribution in [2.45, 2.75) is 38.8 Å². The van der Waals surface area contributed by atoms with Crippen molar-refractivity contribution in [3.63, 3.8) is 0 Å². The highest BCUT2D eigenvalue weighted by atomic mass is 16.6. The molecule has 1 amide bonds. The van der Waals surface area contributed by atoms with E-state index >= 15 is 0 Å². The average Bonchev–Trinajstić information content (AvgIpc) is 2.36. The number of amides is 1. The molecule has 1 aromatic rings. The van der Waals surface area contributed by atoms with Crippen LogP contribution in [0.5, 0.6) is 0 Å². The molecule has 102 valence electrons. The van der Waals surface area contributed by atoms with E-state index in [1.165, 1.54) is 0 Å². The van der Waals surface area contributed by atoms with Gasteiger partial charge in [0.1, 0.15) is 12.4 Å². The summed E-state index contributed by atoms with van der Waals surface area (Å²) >= 11 is 0. The molecule has 1 aliphatic rings. The quantitative estimate of drug-likeness (QED) is 0.822. The van der Waals surface area contributed by atoms with Crippen molar-refractivity contribution in [1.29, 1.82) is 0 Å². The minimum Gasteiger partial charge on any atom is -0.445 e. The summed E-state index contributed by atoms with van der Waals surface area (Å²) in [7, 11) is 0. The highest BCUT2D eigenvalue weighted by Gasteiger charge is 2.37. The second kappa shape index (κ2) is 5.43. The number of hydrogen-bond acceptors (Lipinski definition) is 3. The van der Waals surface area contributed by atoms with Crippen molar-refractivity contribution < 1.29 is 14.3 Å². The molecule has 0 radical (unpaired) electrons. The van der Waals surface area contributed by atoms with Crippen molar-refractivity contribution >= 4 is 11.9 Å². The maximum Gasteiger partial charge on any atom is 0.410 e. The third-order valence-electron chi connectivity index (χ3n) is 3.40. The molecular formula is C15H19NO3. The van der Waals surface area contributed by atoms with Crippen LogP contribution in [0.25, 0.3) is 0 Å². The number of hydrogen-bond donors (Lipinski definition) is 0. The van der Waals surface area contributed by atoms with E-state index in [1.807, 2.05) is 44.2 Å². The Balaban J connectivity index is 1.94. The minimum atomic E-state index is -0.455. The standard InChI is InChI=1S/C15H19NO3/c1-15(2)10-13(17)8-9-16(15)14(18)19-11-12-6-4-3-5-7-12/h3-7H,8-11H2,1-2H3. The summed E-state index contributed by atoms with van der Waals surface area (Å²) in [6.45, 7) is 4.50. The largest absolute Gasteiger partial charge is 0.445 e. The van der Waals surface area contributed by atoms with Gasteiger partial charge in [-0.3, -0.25) is 4.79 Å². The third-order valence-corrected chi connectivity index (χ3v) is 3.40. The molecule has 19 heavy (non-hydrogen) atoms. The first kappa shape index (κ1) is 13.6. The summed E-state index contributed by atoms with van der Waals surface area (Å²) in [6, 6.07) is 9.57. The van der Waals surface area contributed by atoms with Crippen LogP contribution < -0.4 is 0 Å². The summed E-state index contributed by atoms with van der Waals surface area (Å²) in [5.74, 6) is 0.206. The monoisotopic (exact) mass is 261 g/mol. The third kappa shape index (κ3) is 3.34. The van der Waals surface area contributed by atoms with Crippen LogP contribution in [0.4, 0.5) is 4.79 Å². The predicted molar refractivity (Wildman–Crippen MR) is 71.7 cm³/mol. The Hall–Kier alpha value is -1.84. The molecule has 0 aromatic heterocycles. The fourth-order valence-corrected chi connectivity index (χ4v) is 2.34. The molecule has 0 unspecified atom stereocenters. The number of piperidine rings is 1. The molecular weight excluding hydrogens is 242 g/mol. The molecule has 1 aliphatic heterocycles. The highest BCUT2D eigenvalue weighted by Crippen LogP contribution is 2.26. The summed E-state index contributed by atoms with van der Waals surface area (Å²) < 4.78 is 5.31. The van der Waals surface area contributed by atoms with E-state index in [0.29, 0.717) is 19.4 Å². The number of rotatable bonds is 2. The van der Waals surface area contributed by atoms with Crippen molar-refractivity contribution in [2.75, 3.05) is 6.54 Å². The van der Waals surface area contributed by atoms with Crippen molar-refractivity contribution in [1.82, 2.24) is 4.90 Å². The van der Waals surface area contributed by atoms with Gasteiger partial charge < -0.3 is 9.64 Å². The molecule has 0 aliphatic carbocycles. The number of benzene rings is 1. The summed E-state index contributed by atoms with van der Waals surface area (Å²) in [5.41, 5.74) is 0.505. The molecule has 0 atom stereocenters. The van der Waals surface area contributed by atoms with E-state index in [-0.39, 0.29) is 18.5 Å². The van der Waals surface area contributed by atoms with Crippen molar-refractivity contribution in [2.24, 2.45) is 0 Å². The second-order valence-electron chi connectivity index (χ2n) is 5.47. The average molecular weight is 261 g/mol. The van der Waals surface area contributed by atoms with E-state index in [4.69, 9.17) is 4.74 Å². The summed E-state index contributed by atoms with van der Waals surface area (Å²) in [6.07, 6.45) is 0.471. The van der Waals surface area contributed by atoms with Crippen LogP contribution in [0, 0.1) is 0 Å². The molecule has 1 aromatic carbocycles. The Kier molecular flexibility index (Phi) is 3.88. The first-order valence-electron chi connectivity index (χ1n) is 6.49. The first-order valence-corrected chi connectivity index (χ1v) is 6.49. The van der Waals surface area contributed by atoms with Crippen LogP contribution in [0.1, 0.15) is 32.3 Å². The maximum absolute atomic E-state index is 12.1. The van der Waals surface area contributed by atoms with Gasteiger partial charge >= 0.3 is 6.09 Å². The predicted octanol–water partition coefficient (Wildman–Crippen LogP) is 2.77. The van der Waals surface area contributed by atoms with Gasteiger partial charge in [0.05, 0.1) is 0 Å². The number of nitrogens with zero attached hydrogens (tertiary/aromatic N) is 1. The fourth-order valence-electron chi connectivity index (χ4n) is 2.34. The number of ketones is 1. The van der Waals surface area contributed by atoms with E-state index in [2.05, 4.69) is 0 Å². The number of Topliss-reactive ketones (excluding diaryl/α,β-unsaturated/α-hetero) is 1. The van der Waals surface area contributed by atoms with Crippen LogP contribution >= 0.6 is 0 Å². The van der Waals surface area contributed by atoms with E-state index < -0.39 is 5.54 Å². The Bertz CT molecular complexity index is 468. The lowest BCUT2D eigenvalue weighted by Crippen LogP contribution is -2.53. The van der Waals surface area contributed by atoms with E-state index in [1.54, 1.807) is 4.90 Å². The number of carbonyl (C=O) groups is 2. The van der Waals surface area contributed by atoms with Crippen molar-refractivity contribution in [3.8, 4) is 0 Å². The zero-order valence-corrected chi connectivity index (χ0v) is 11.4. The first-order chi connectivity index (χ1) is 8.99. The number of ether oxygens (including phenoxy) is 1. The minimum absolute atomic E-state index is 0.206. The van der Waals surface area contributed by atoms with Crippen LogP contribution in [-0.4, -0.2) is 28.9 Å². The lowest BCUT2D eigenvalue weighted by atomic mass is 9.90. The number of likely N-dealkylation sites (tertiary alicyclic amines) is 1. The van der Waals surface area contributed by atoms with Gasteiger partial charge in [0.2, 0.25) is 0 Å². The lowest BCUT2D eigenvalue weighted by molar-refractivity contribution is -0.124. The van der Waals surface area contributed by atoms with Gasteiger partial charge in [-0.15, -0.1) is 0 Å². The van der Waals surface area contributed by atoms with Gasteiger partial charge in [-0.1, -0.05) is 30.3 Å². The molecule has 1 heterocycles.